The Morgan fingerprint density at radius 1 is 1.25 bits per heavy atom. The van der Waals surface area contributed by atoms with Gasteiger partial charge in [0.05, 0.1) is 0 Å². The van der Waals surface area contributed by atoms with E-state index in [9.17, 15) is 18.0 Å². The molecule has 0 spiro atoms. The van der Waals surface area contributed by atoms with E-state index in [2.05, 4.69) is 9.64 Å². The van der Waals surface area contributed by atoms with Gasteiger partial charge in [0.2, 0.25) is 5.91 Å². The highest BCUT2D eigenvalue weighted by Gasteiger charge is 2.35. The van der Waals surface area contributed by atoms with Crippen LogP contribution in [0.5, 0.6) is 5.75 Å². The summed E-state index contributed by atoms with van der Waals surface area (Å²) >= 11 is 0. The molecule has 0 aromatic heterocycles. The Hall–Kier alpha value is -1.76. The van der Waals surface area contributed by atoms with Crippen LogP contribution in [0.3, 0.4) is 0 Å². The Balaban J connectivity index is 1.70. The van der Waals surface area contributed by atoms with Crippen LogP contribution in [0.15, 0.2) is 24.3 Å². The van der Waals surface area contributed by atoms with Crippen LogP contribution in [-0.2, 0) is 11.3 Å². The number of piperidine rings is 1. The van der Waals surface area contributed by atoms with Gasteiger partial charge in [-0.25, -0.2) is 0 Å². The summed E-state index contributed by atoms with van der Waals surface area (Å²) in [6.45, 7) is 4.51. The summed E-state index contributed by atoms with van der Waals surface area (Å²) in [7, 11) is 0. The summed E-state index contributed by atoms with van der Waals surface area (Å²) < 4.78 is 41.1. The summed E-state index contributed by atoms with van der Waals surface area (Å²) in [4.78, 5) is 15.9. The van der Waals surface area contributed by atoms with Gasteiger partial charge in [0.25, 0.3) is 0 Å². The lowest BCUT2D eigenvalue weighted by Crippen LogP contribution is -2.43. The summed E-state index contributed by atoms with van der Waals surface area (Å²) in [5.41, 5.74) is 0.790. The number of halogens is 3. The van der Waals surface area contributed by atoms with E-state index in [1.54, 1.807) is 13.0 Å². The predicted molar refractivity (Wildman–Crippen MR) is 82.3 cm³/mol. The molecule has 1 aromatic carbocycles. The molecule has 3 heterocycles. The summed E-state index contributed by atoms with van der Waals surface area (Å²) in [5.74, 6) is 0.335. The molecule has 2 atom stereocenters. The first-order valence-corrected chi connectivity index (χ1v) is 8.14. The van der Waals surface area contributed by atoms with Gasteiger partial charge in [-0.3, -0.25) is 9.69 Å². The minimum Gasteiger partial charge on any atom is -0.406 e. The fourth-order valence-corrected chi connectivity index (χ4v) is 3.71. The molecular weight excluding hydrogens is 321 g/mol. The van der Waals surface area contributed by atoms with Crippen molar-refractivity contribution in [1.82, 2.24) is 9.80 Å². The lowest BCUT2D eigenvalue weighted by molar-refractivity contribution is -0.274. The van der Waals surface area contributed by atoms with E-state index in [1.165, 1.54) is 12.1 Å². The molecule has 132 valence electrons. The minimum absolute atomic E-state index is 0.0920. The van der Waals surface area contributed by atoms with E-state index in [4.69, 9.17) is 0 Å². The van der Waals surface area contributed by atoms with E-state index in [0.717, 1.165) is 31.5 Å². The normalized spacial score (nSPS) is 24.8. The largest absolute Gasteiger partial charge is 0.573 e. The topological polar surface area (TPSA) is 32.8 Å². The molecule has 1 amide bonds. The van der Waals surface area contributed by atoms with Crippen LogP contribution in [-0.4, -0.2) is 47.7 Å². The van der Waals surface area contributed by atoms with Gasteiger partial charge in [-0.05, 0) is 36.5 Å². The molecule has 7 heteroatoms. The second-order valence-electron chi connectivity index (χ2n) is 6.65. The monoisotopic (exact) mass is 342 g/mol. The molecule has 0 radical (unpaired) electrons. The van der Waals surface area contributed by atoms with Gasteiger partial charge in [0, 0.05) is 39.1 Å². The number of rotatable bonds is 3. The molecule has 4 rings (SSSR count). The molecule has 2 bridgehead atoms. The van der Waals surface area contributed by atoms with E-state index in [1.807, 2.05) is 11.0 Å². The second kappa shape index (κ2) is 6.63. The van der Waals surface area contributed by atoms with Gasteiger partial charge >= 0.3 is 6.36 Å². The van der Waals surface area contributed by atoms with Gasteiger partial charge in [0.15, 0.2) is 0 Å². The Labute approximate surface area is 139 Å². The molecule has 24 heavy (non-hydrogen) atoms. The van der Waals surface area contributed by atoms with Crippen molar-refractivity contribution in [3.63, 3.8) is 0 Å². The molecule has 3 aliphatic rings. The number of hydrogen-bond donors (Lipinski definition) is 0. The number of nitrogens with zero attached hydrogens (tertiary/aromatic N) is 2. The van der Waals surface area contributed by atoms with Crippen LogP contribution in [0.2, 0.25) is 0 Å². The average Bonchev–Trinajstić information content (AvgIpc) is 2.77. The molecule has 1 aromatic rings. The van der Waals surface area contributed by atoms with Crippen molar-refractivity contribution in [3.05, 3.63) is 29.8 Å². The zero-order valence-corrected chi connectivity index (χ0v) is 13.6. The Morgan fingerprint density at radius 3 is 2.75 bits per heavy atom. The third kappa shape index (κ3) is 4.20. The van der Waals surface area contributed by atoms with Crippen molar-refractivity contribution in [2.75, 3.05) is 19.6 Å². The Bertz CT molecular complexity index is 606. The molecule has 0 saturated carbocycles. The number of amides is 1. The van der Waals surface area contributed by atoms with Crippen molar-refractivity contribution in [2.45, 2.75) is 38.7 Å². The standard InChI is InChI=1S/C17H21F3N2O2/c1-12(23)21-9-14-5-6-15(11-21)22(10-14)8-13-3-2-4-16(7-13)24-17(18,19)20/h2-4,7,14-15H,5-6,8-11H2,1H3/t14-,15+/m1/s1. The summed E-state index contributed by atoms with van der Waals surface area (Å²) in [5, 5.41) is 0. The number of benzene rings is 1. The van der Waals surface area contributed by atoms with Crippen LogP contribution < -0.4 is 4.74 Å². The van der Waals surface area contributed by atoms with Crippen molar-refractivity contribution in [1.29, 1.82) is 0 Å². The molecule has 3 fully saturated rings. The molecule has 0 unspecified atom stereocenters. The third-order valence-electron chi connectivity index (χ3n) is 4.79. The number of ether oxygens (including phenoxy) is 1. The molecular formula is C17H21F3N2O2. The summed E-state index contributed by atoms with van der Waals surface area (Å²) in [6, 6.07) is 6.40. The van der Waals surface area contributed by atoms with Gasteiger partial charge in [-0.2, -0.15) is 0 Å². The highest BCUT2D eigenvalue weighted by atomic mass is 19.4. The highest BCUT2D eigenvalue weighted by Crippen LogP contribution is 2.30. The molecule has 3 aliphatic heterocycles. The van der Waals surface area contributed by atoms with Crippen LogP contribution >= 0.6 is 0 Å². The fourth-order valence-electron chi connectivity index (χ4n) is 3.71. The SMILES string of the molecule is CC(=O)N1C[C@H]2CC[C@@H](C1)N(Cc1cccc(OC(F)(F)F)c1)C2. The van der Waals surface area contributed by atoms with Crippen LogP contribution in [0.1, 0.15) is 25.3 Å². The Morgan fingerprint density at radius 2 is 2.04 bits per heavy atom. The van der Waals surface area contributed by atoms with E-state index >= 15 is 0 Å². The van der Waals surface area contributed by atoms with Crippen molar-refractivity contribution in [2.24, 2.45) is 5.92 Å². The molecule has 0 N–H and O–H groups in total. The van der Waals surface area contributed by atoms with Gasteiger partial charge in [-0.1, -0.05) is 12.1 Å². The summed E-state index contributed by atoms with van der Waals surface area (Å²) in [6.07, 6.45) is -2.56. The smallest absolute Gasteiger partial charge is 0.406 e. The number of hydrogen-bond acceptors (Lipinski definition) is 3. The zero-order chi connectivity index (χ0) is 17.3. The van der Waals surface area contributed by atoms with Gasteiger partial charge in [0.1, 0.15) is 5.75 Å². The second-order valence-corrected chi connectivity index (χ2v) is 6.65. The minimum atomic E-state index is -4.68. The number of fused-ring (bicyclic) bond motifs is 4. The van der Waals surface area contributed by atoms with Crippen molar-refractivity contribution >= 4 is 5.91 Å². The lowest BCUT2D eigenvalue weighted by atomic mass is 9.94. The van der Waals surface area contributed by atoms with E-state index in [0.29, 0.717) is 19.0 Å². The maximum atomic E-state index is 12.4. The first-order valence-electron chi connectivity index (χ1n) is 8.14. The van der Waals surface area contributed by atoms with E-state index in [-0.39, 0.29) is 17.7 Å². The van der Waals surface area contributed by atoms with E-state index < -0.39 is 6.36 Å². The van der Waals surface area contributed by atoms with Crippen molar-refractivity contribution < 1.29 is 22.7 Å². The highest BCUT2D eigenvalue weighted by molar-refractivity contribution is 5.73. The molecule has 4 nitrogen and oxygen atoms in total. The first-order chi connectivity index (χ1) is 11.3. The zero-order valence-electron chi connectivity index (χ0n) is 13.6. The maximum absolute atomic E-state index is 12.4. The first kappa shape index (κ1) is 17.1. The fraction of sp³-hybridized carbons (Fsp3) is 0.588. The van der Waals surface area contributed by atoms with Gasteiger partial charge in [-0.15, -0.1) is 13.2 Å². The average molecular weight is 342 g/mol. The van der Waals surface area contributed by atoms with Crippen LogP contribution in [0.25, 0.3) is 0 Å². The number of carbonyl (C=O) groups excluding carboxylic acids is 1. The quantitative estimate of drug-likeness (QED) is 0.846. The van der Waals surface area contributed by atoms with Crippen LogP contribution in [0, 0.1) is 5.92 Å². The lowest BCUT2D eigenvalue weighted by Gasteiger charge is -2.36. The van der Waals surface area contributed by atoms with Crippen molar-refractivity contribution in [3.8, 4) is 5.75 Å². The van der Waals surface area contributed by atoms with Gasteiger partial charge < -0.3 is 9.64 Å². The predicted octanol–water partition coefficient (Wildman–Crippen LogP) is 3.03. The molecule has 3 saturated heterocycles. The van der Waals surface area contributed by atoms with Crippen LogP contribution in [0.4, 0.5) is 13.2 Å². The Kier molecular flexibility index (Phi) is 4.71. The number of carbonyl (C=O) groups is 1. The maximum Gasteiger partial charge on any atom is 0.573 e. The third-order valence-corrected chi connectivity index (χ3v) is 4.79. The molecule has 0 aliphatic carbocycles. The number of alkyl halides is 3.